The third kappa shape index (κ3) is 4.87. The molecule has 0 aliphatic heterocycles. The van der Waals surface area contributed by atoms with E-state index in [1.807, 2.05) is 0 Å². The second kappa shape index (κ2) is 4.04. The normalized spacial score (nSPS) is 10.0. The number of hydrogen-bond donors (Lipinski definition) is 0. The van der Waals surface area contributed by atoms with Gasteiger partial charge in [0, 0.05) is 12.3 Å². The summed E-state index contributed by atoms with van der Waals surface area (Å²) < 4.78 is 0. The Kier molecular flexibility index (Phi) is 4.63. The summed E-state index contributed by atoms with van der Waals surface area (Å²) in [5.41, 5.74) is 0. The lowest BCUT2D eigenvalue weighted by Gasteiger charge is -1.88. The zero-order chi connectivity index (χ0) is 4.99. The third-order valence-corrected chi connectivity index (χ3v) is 0.802. The van der Waals surface area contributed by atoms with Gasteiger partial charge in [-0.15, -0.1) is 34.8 Å². The van der Waals surface area contributed by atoms with Crippen LogP contribution in [-0.4, -0.2) is 10.7 Å². The summed E-state index contributed by atoms with van der Waals surface area (Å²) in [6.45, 7) is 0. The first-order chi connectivity index (χ1) is 2.77. The van der Waals surface area contributed by atoms with E-state index in [1.165, 1.54) is 0 Å². The number of hydrogen-bond acceptors (Lipinski definition) is 0. The van der Waals surface area contributed by atoms with Crippen molar-refractivity contribution in [2.24, 2.45) is 0 Å². The maximum atomic E-state index is 5.20. The molecule has 0 saturated carbocycles. The molecular formula is C3H4Cl3. The van der Waals surface area contributed by atoms with Gasteiger partial charge in [-0.2, -0.15) is 0 Å². The molecule has 0 heterocycles. The summed E-state index contributed by atoms with van der Waals surface area (Å²) in [4.78, 5) is -0.414. The molecular weight excluding hydrogens is 142 g/mol. The fourth-order valence-corrected chi connectivity index (χ4v) is 0.606. The highest BCUT2D eigenvalue weighted by Gasteiger charge is 1.93. The average Bonchev–Trinajstić information content (AvgIpc) is 1.35. The molecule has 3 heteroatoms. The highest BCUT2D eigenvalue weighted by atomic mass is 35.5. The predicted molar refractivity (Wildman–Crippen MR) is 30.5 cm³/mol. The van der Waals surface area contributed by atoms with Crippen molar-refractivity contribution in [2.45, 2.75) is 4.84 Å². The molecule has 0 N–H and O–H groups in total. The van der Waals surface area contributed by atoms with Crippen LogP contribution in [0.1, 0.15) is 0 Å². The first-order valence-corrected chi connectivity index (χ1v) is 2.85. The minimum Gasteiger partial charge on any atom is -0.126 e. The molecule has 0 nitrogen and oxygen atoms in total. The van der Waals surface area contributed by atoms with Gasteiger partial charge in [0.15, 0.2) is 0 Å². The Bertz CT molecular complexity index is 27.2. The quantitative estimate of drug-likeness (QED) is 0.524. The van der Waals surface area contributed by atoms with E-state index in [9.17, 15) is 0 Å². The summed E-state index contributed by atoms with van der Waals surface area (Å²) in [6.07, 6.45) is 1.59. The molecule has 0 spiro atoms. The molecule has 0 atom stereocenters. The minimum atomic E-state index is -0.414. The monoisotopic (exact) mass is 145 g/mol. The van der Waals surface area contributed by atoms with Crippen molar-refractivity contribution < 1.29 is 0 Å². The van der Waals surface area contributed by atoms with E-state index < -0.39 is 4.84 Å². The van der Waals surface area contributed by atoms with E-state index in [1.54, 1.807) is 6.42 Å². The first-order valence-electron chi connectivity index (χ1n) is 1.45. The number of halogens is 3. The van der Waals surface area contributed by atoms with Crippen molar-refractivity contribution in [2.75, 3.05) is 5.88 Å². The fourth-order valence-electron chi connectivity index (χ4n) is 0.0673. The van der Waals surface area contributed by atoms with E-state index in [2.05, 4.69) is 0 Å². The van der Waals surface area contributed by atoms with E-state index in [0.717, 1.165) is 0 Å². The van der Waals surface area contributed by atoms with Crippen LogP contribution in [-0.2, 0) is 0 Å². The van der Waals surface area contributed by atoms with Crippen LogP contribution in [0.2, 0.25) is 0 Å². The summed E-state index contributed by atoms with van der Waals surface area (Å²) in [7, 11) is 0. The highest BCUT2D eigenvalue weighted by molar-refractivity contribution is 6.45. The number of alkyl halides is 3. The molecule has 37 valence electrons. The van der Waals surface area contributed by atoms with Crippen molar-refractivity contribution in [1.29, 1.82) is 0 Å². The zero-order valence-electron chi connectivity index (χ0n) is 3.00. The van der Waals surface area contributed by atoms with Gasteiger partial charge in [-0.1, -0.05) is 0 Å². The topological polar surface area (TPSA) is 0 Å². The van der Waals surface area contributed by atoms with Gasteiger partial charge in [-0.25, -0.2) is 0 Å². The summed E-state index contributed by atoms with van der Waals surface area (Å²) in [6, 6.07) is 0. The average molecular weight is 146 g/mol. The number of rotatable bonds is 2. The van der Waals surface area contributed by atoms with E-state index in [4.69, 9.17) is 34.8 Å². The Hall–Kier alpha value is 0.870. The smallest absolute Gasteiger partial charge is 0.112 e. The van der Waals surface area contributed by atoms with Gasteiger partial charge in [0.25, 0.3) is 0 Å². The van der Waals surface area contributed by atoms with Crippen molar-refractivity contribution in [3.63, 3.8) is 0 Å². The lowest BCUT2D eigenvalue weighted by atomic mass is 10.6. The largest absolute Gasteiger partial charge is 0.126 e. The SMILES string of the molecule is ClC[CH]C(Cl)Cl. The van der Waals surface area contributed by atoms with Crippen LogP contribution in [0.25, 0.3) is 0 Å². The molecule has 0 aromatic carbocycles. The molecule has 0 saturated heterocycles. The molecule has 0 aliphatic carbocycles. The summed E-state index contributed by atoms with van der Waals surface area (Å²) >= 11 is 15.6. The second-order valence-electron chi connectivity index (χ2n) is 0.724. The zero-order valence-corrected chi connectivity index (χ0v) is 5.26. The minimum absolute atomic E-state index is 0.414. The Morgan fingerprint density at radius 1 is 1.50 bits per heavy atom. The van der Waals surface area contributed by atoms with Crippen molar-refractivity contribution in [3.05, 3.63) is 6.42 Å². The van der Waals surface area contributed by atoms with Crippen LogP contribution in [0.3, 0.4) is 0 Å². The van der Waals surface area contributed by atoms with E-state index in [-0.39, 0.29) is 0 Å². The van der Waals surface area contributed by atoms with E-state index in [0.29, 0.717) is 5.88 Å². The maximum Gasteiger partial charge on any atom is 0.112 e. The van der Waals surface area contributed by atoms with E-state index >= 15 is 0 Å². The van der Waals surface area contributed by atoms with Crippen LogP contribution >= 0.6 is 34.8 Å². The molecule has 0 unspecified atom stereocenters. The standard InChI is InChI=1S/C3H4Cl3/c4-2-1-3(5)6/h1,3H,2H2. The van der Waals surface area contributed by atoms with Crippen molar-refractivity contribution in [1.82, 2.24) is 0 Å². The van der Waals surface area contributed by atoms with Gasteiger partial charge in [-0.05, 0) is 0 Å². The van der Waals surface area contributed by atoms with Gasteiger partial charge < -0.3 is 0 Å². The van der Waals surface area contributed by atoms with Crippen LogP contribution in [0.5, 0.6) is 0 Å². The summed E-state index contributed by atoms with van der Waals surface area (Å²) in [5, 5.41) is 0. The Balaban J connectivity index is 2.63. The first kappa shape index (κ1) is 6.87. The van der Waals surface area contributed by atoms with Gasteiger partial charge in [0.1, 0.15) is 4.84 Å². The maximum absolute atomic E-state index is 5.20. The lowest BCUT2D eigenvalue weighted by molar-refractivity contribution is 1.34. The Morgan fingerprint density at radius 3 is 2.00 bits per heavy atom. The molecule has 1 radical (unpaired) electrons. The van der Waals surface area contributed by atoms with Crippen LogP contribution in [0.15, 0.2) is 0 Å². The summed E-state index contributed by atoms with van der Waals surface area (Å²) in [5.74, 6) is 0.414. The van der Waals surface area contributed by atoms with Crippen LogP contribution < -0.4 is 0 Å². The molecule has 0 aromatic heterocycles. The predicted octanol–water partition coefficient (Wildman–Crippen LogP) is 2.23. The van der Waals surface area contributed by atoms with Crippen LogP contribution in [0, 0.1) is 6.42 Å². The molecule has 0 aromatic rings. The fraction of sp³-hybridized carbons (Fsp3) is 0.667. The van der Waals surface area contributed by atoms with Crippen LogP contribution in [0.4, 0.5) is 0 Å². The van der Waals surface area contributed by atoms with Crippen molar-refractivity contribution in [3.8, 4) is 0 Å². The second-order valence-corrected chi connectivity index (χ2v) is 2.20. The Labute approximate surface area is 52.4 Å². The molecule has 0 amide bonds. The molecule has 0 aliphatic rings. The molecule has 0 fully saturated rings. The highest BCUT2D eigenvalue weighted by Crippen LogP contribution is 2.05. The van der Waals surface area contributed by atoms with Crippen molar-refractivity contribution >= 4 is 34.8 Å². The van der Waals surface area contributed by atoms with Gasteiger partial charge in [0.05, 0.1) is 0 Å². The lowest BCUT2D eigenvalue weighted by Crippen LogP contribution is -1.86. The molecule has 6 heavy (non-hydrogen) atoms. The Morgan fingerprint density at radius 2 is 2.00 bits per heavy atom. The van der Waals surface area contributed by atoms with Gasteiger partial charge in [0.2, 0.25) is 0 Å². The molecule has 0 rings (SSSR count). The third-order valence-electron chi connectivity index (χ3n) is 0.267. The molecule has 0 bridgehead atoms. The van der Waals surface area contributed by atoms with Gasteiger partial charge in [-0.3, -0.25) is 0 Å². The van der Waals surface area contributed by atoms with Gasteiger partial charge >= 0.3 is 0 Å².